The first-order valence-corrected chi connectivity index (χ1v) is 11.4. The summed E-state index contributed by atoms with van der Waals surface area (Å²) < 4.78 is 40.1. The van der Waals surface area contributed by atoms with Crippen molar-refractivity contribution in [2.45, 2.75) is 32.1 Å². The van der Waals surface area contributed by atoms with E-state index in [0.717, 1.165) is 21.6 Å². The number of hydrogen-bond donors (Lipinski definition) is 1. The number of nitrogens with zero attached hydrogens (tertiary/aromatic N) is 6. The second-order valence-corrected chi connectivity index (χ2v) is 9.64. The number of halogens is 3. The van der Waals surface area contributed by atoms with Crippen molar-refractivity contribution >= 4 is 29.0 Å². The first-order chi connectivity index (χ1) is 16.5. The van der Waals surface area contributed by atoms with Crippen molar-refractivity contribution in [2.75, 3.05) is 5.32 Å². The maximum absolute atomic E-state index is 13.3. The molecule has 0 fully saturated rings. The molecule has 0 bridgehead atoms. The van der Waals surface area contributed by atoms with Crippen molar-refractivity contribution in [3.05, 3.63) is 70.6 Å². The summed E-state index contributed by atoms with van der Waals surface area (Å²) >= 11 is 1.46. The Morgan fingerprint density at radius 2 is 1.91 bits per heavy atom. The standard InChI is InChI=1S/C23H20F3N7OS/c1-22(2)19-14(20(34)33(22)12-13-4-5-17(28-11-13)23(24,25)26)10-16(35-19)15-6-8-27-21(30-15)31-18-7-9-29-32(18)3/h4-11H,12H2,1-3H3,(H,27,30,31). The Bertz CT molecular complexity index is 1410. The number of amides is 1. The van der Waals surface area contributed by atoms with Gasteiger partial charge in [0.25, 0.3) is 5.91 Å². The molecule has 4 aromatic heterocycles. The summed E-state index contributed by atoms with van der Waals surface area (Å²) in [4.78, 5) is 29.0. The Labute approximate surface area is 202 Å². The lowest BCUT2D eigenvalue weighted by Gasteiger charge is -2.32. The first kappa shape index (κ1) is 23.0. The van der Waals surface area contributed by atoms with Crippen LogP contribution >= 0.6 is 11.3 Å². The molecule has 5 rings (SSSR count). The zero-order valence-corrected chi connectivity index (χ0v) is 19.8. The normalized spacial score (nSPS) is 14.9. The Hall–Kier alpha value is -3.80. The minimum absolute atomic E-state index is 0.153. The summed E-state index contributed by atoms with van der Waals surface area (Å²) in [5, 5.41) is 7.22. The largest absolute Gasteiger partial charge is 0.433 e. The third-order valence-corrected chi connectivity index (χ3v) is 7.33. The van der Waals surface area contributed by atoms with Crippen molar-refractivity contribution < 1.29 is 18.0 Å². The van der Waals surface area contributed by atoms with E-state index >= 15 is 0 Å². The van der Waals surface area contributed by atoms with Gasteiger partial charge >= 0.3 is 6.18 Å². The van der Waals surface area contributed by atoms with E-state index in [1.54, 1.807) is 41.2 Å². The highest BCUT2D eigenvalue weighted by molar-refractivity contribution is 7.16. The molecule has 4 aromatic rings. The highest BCUT2D eigenvalue weighted by atomic mass is 32.1. The van der Waals surface area contributed by atoms with E-state index < -0.39 is 17.4 Å². The number of rotatable bonds is 5. The number of aryl methyl sites for hydroxylation is 1. The van der Waals surface area contributed by atoms with Crippen LogP contribution in [-0.2, 0) is 25.3 Å². The molecule has 1 aliphatic rings. The van der Waals surface area contributed by atoms with Crippen molar-refractivity contribution in [3.8, 4) is 10.6 Å². The van der Waals surface area contributed by atoms with Gasteiger partial charge in [0.05, 0.1) is 27.9 Å². The van der Waals surface area contributed by atoms with Gasteiger partial charge in [-0.25, -0.2) is 9.97 Å². The van der Waals surface area contributed by atoms with Crippen molar-refractivity contribution in [1.82, 2.24) is 29.6 Å². The summed E-state index contributed by atoms with van der Waals surface area (Å²) in [7, 11) is 1.80. The molecule has 0 aliphatic carbocycles. The number of fused-ring (bicyclic) bond motifs is 1. The topological polar surface area (TPSA) is 88.8 Å². The number of hydrogen-bond acceptors (Lipinski definition) is 7. The van der Waals surface area contributed by atoms with Gasteiger partial charge in [0, 0.05) is 36.9 Å². The van der Waals surface area contributed by atoms with E-state index in [0.29, 0.717) is 22.8 Å². The van der Waals surface area contributed by atoms with Crippen LogP contribution in [-0.4, -0.2) is 35.5 Å². The first-order valence-electron chi connectivity index (χ1n) is 10.6. The summed E-state index contributed by atoms with van der Waals surface area (Å²) in [6.45, 7) is 3.99. The zero-order valence-electron chi connectivity index (χ0n) is 19.0. The van der Waals surface area contributed by atoms with Crippen LogP contribution in [0.3, 0.4) is 0 Å². The van der Waals surface area contributed by atoms with Crippen LogP contribution in [0, 0.1) is 0 Å². The average Bonchev–Trinajstić information content (AvgIpc) is 3.47. The van der Waals surface area contributed by atoms with E-state index in [9.17, 15) is 18.0 Å². The van der Waals surface area contributed by atoms with Gasteiger partial charge in [-0.2, -0.15) is 18.3 Å². The maximum Gasteiger partial charge on any atom is 0.433 e. The number of carbonyl (C=O) groups excluding carboxylic acids is 1. The number of carbonyl (C=O) groups is 1. The second-order valence-electron chi connectivity index (χ2n) is 8.58. The molecule has 12 heteroatoms. The maximum atomic E-state index is 13.3. The second kappa shape index (κ2) is 8.15. The van der Waals surface area contributed by atoms with Crippen LogP contribution in [0.15, 0.2) is 48.9 Å². The number of aromatic nitrogens is 5. The third-order valence-electron chi connectivity index (χ3n) is 5.86. The quantitative estimate of drug-likeness (QED) is 0.416. The number of anilines is 2. The predicted octanol–water partition coefficient (Wildman–Crippen LogP) is 4.99. The Morgan fingerprint density at radius 3 is 2.54 bits per heavy atom. The smallest absolute Gasteiger partial charge is 0.324 e. The third kappa shape index (κ3) is 4.14. The van der Waals surface area contributed by atoms with Gasteiger partial charge in [-0.15, -0.1) is 11.3 Å². The van der Waals surface area contributed by atoms with Crippen LogP contribution in [0.4, 0.5) is 24.9 Å². The van der Waals surface area contributed by atoms with E-state index in [4.69, 9.17) is 0 Å². The lowest BCUT2D eigenvalue weighted by atomic mass is 10.0. The highest BCUT2D eigenvalue weighted by Crippen LogP contribution is 2.46. The summed E-state index contributed by atoms with van der Waals surface area (Å²) in [6.07, 6.45) is -0.0312. The predicted molar refractivity (Wildman–Crippen MR) is 124 cm³/mol. The zero-order chi connectivity index (χ0) is 25.0. The Kier molecular flexibility index (Phi) is 5.35. The van der Waals surface area contributed by atoms with Crippen molar-refractivity contribution in [1.29, 1.82) is 0 Å². The molecule has 1 amide bonds. The van der Waals surface area contributed by atoms with Gasteiger partial charge in [-0.3, -0.25) is 14.5 Å². The number of thiophene rings is 1. The lowest BCUT2D eigenvalue weighted by Crippen LogP contribution is -2.38. The molecule has 180 valence electrons. The van der Waals surface area contributed by atoms with Crippen LogP contribution in [0.2, 0.25) is 0 Å². The molecular weight excluding hydrogens is 479 g/mol. The molecule has 0 atom stereocenters. The summed E-state index contributed by atoms with van der Waals surface area (Å²) in [5.41, 5.74) is 0.150. The van der Waals surface area contributed by atoms with E-state index in [1.165, 1.54) is 23.6 Å². The molecule has 0 unspecified atom stereocenters. The van der Waals surface area contributed by atoms with Crippen LogP contribution < -0.4 is 5.32 Å². The van der Waals surface area contributed by atoms with Gasteiger partial charge < -0.3 is 10.2 Å². The highest BCUT2D eigenvalue weighted by Gasteiger charge is 2.45. The van der Waals surface area contributed by atoms with E-state index in [-0.39, 0.29) is 12.5 Å². The summed E-state index contributed by atoms with van der Waals surface area (Å²) in [5.74, 6) is 0.955. The molecule has 1 N–H and O–H groups in total. The molecule has 0 radical (unpaired) electrons. The molecule has 0 saturated carbocycles. The average molecular weight is 500 g/mol. The van der Waals surface area contributed by atoms with Gasteiger partial charge in [0.2, 0.25) is 5.95 Å². The van der Waals surface area contributed by atoms with Gasteiger partial charge in [0.15, 0.2) is 0 Å². The van der Waals surface area contributed by atoms with Gasteiger partial charge in [-0.1, -0.05) is 6.07 Å². The Morgan fingerprint density at radius 1 is 1.11 bits per heavy atom. The van der Waals surface area contributed by atoms with Crippen molar-refractivity contribution in [3.63, 3.8) is 0 Å². The van der Waals surface area contributed by atoms with E-state index in [2.05, 4.69) is 25.4 Å². The van der Waals surface area contributed by atoms with Gasteiger partial charge in [0.1, 0.15) is 11.5 Å². The molecule has 0 aromatic carbocycles. The summed E-state index contributed by atoms with van der Waals surface area (Å²) in [6, 6.07) is 7.68. The van der Waals surface area contributed by atoms with E-state index in [1.807, 2.05) is 19.9 Å². The fraction of sp³-hybridized carbons (Fsp3) is 0.261. The molecule has 0 saturated heterocycles. The van der Waals surface area contributed by atoms with Gasteiger partial charge in [-0.05, 0) is 37.6 Å². The Balaban J connectivity index is 1.39. The van der Waals surface area contributed by atoms with Crippen LogP contribution in [0.25, 0.3) is 10.6 Å². The lowest BCUT2D eigenvalue weighted by molar-refractivity contribution is -0.141. The van der Waals surface area contributed by atoms with Crippen LogP contribution in [0.5, 0.6) is 0 Å². The minimum Gasteiger partial charge on any atom is -0.324 e. The monoisotopic (exact) mass is 499 g/mol. The molecular formula is C23H20F3N7OS. The molecule has 8 nitrogen and oxygen atoms in total. The van der Waals surface area contributed by atoms with Crippen LogP contribution in [0.1, 0.15) is 40.3 Å². The number of pyridine rings is 1. The SMILES string of the molecule is Cn1nccc1Nc1nccc(-c2cc3c(s2)C(C)(C)N(Cc2ccc(C(F)(F)F)nc2)C3=O)n1. The minimum atomic E-state index is -4.50. The fourth-order valence-corrected chi connectivity index (χ4v) is 5.19. The number of alkyl halides is 3. The molecule has 0 spiro atoms. The fourth-order valence-electron chi connectivity index (χ4n) is 3.96. The molecule has 5 heterocycles. The molecule has 35 heavy (non-hydrogen) atoms. The van der Waals surface area contributed by atoms with Crippen molar-refractivity contribution in [2.24, 2.45) is 7.05 Å². The number of nitrogens with one attached hydrogen (secondary N) is 1. The molecule has 1 aliphatic heterocycles.